The molecular weight excluding hydrogens is 366 g/mol. The van der Waals surface area contributed by atoms with E-state index in [2.05, 4.69) is 5.32 Å². The molecule has 150 valence electrons. The molecule has 8 heteroatoms. The summed E-state index contributed by atoms with van der Waals surface area (Å²) in [6.07, 6.45) is 6.20. The van der Waals surface area contributed by atoms with E-state index in [1.165, 1.54) is 29.4 Å². The molecule has 1 aliphatic rings. The van der Waals surface area contributed by atoms with Gasteiger partial charge in [0, 0.05) is 32.4 Å². The smallest absolute Gasteiger partial charge is 0.242 e. The lowest BCUT2D eigenvalue weighted by Gasteiger charge is -2.17. The first kappa shape index (κ1) is 21.2. The third-order valence-corrected chi connectivity index (χ3v) is 6.30. The molecule has 0 aromatic heterocycles. The number of rotatable bonds is 13. The number of nitrogens with two attached hydrogens (primary N) is 1. The van der Waals surface area contributed by atoms with Crippen LogP contribution in [0.5, 0.6) is 5.75 Å². The zero-order chi connectivity index (χ0) is 19.7. The van der Waals surface area contributed by atoms with Crippen molar-refractivity contribution in [1.29, 1.82) is 0 Å². The molecule has 0 bridgehead atoms. The Morgan fingerprint density at radius 2 is 2.19 bits per heavy atom. The number of nitrogens with zero attached hydrogens (tertiary/aromatic N) is 1. The maximum Gasteiger partial charge on any atom is 0.242 e. The van der Waals surface area contributed by atoms with Crippen molar-refractivity contribution in [3.8, 4) is 5.75 Å². The number of benzene rings is 1. The van der Waals surface area contributed by atoms with Crippen LogP contribution in [0.15, 0.2) is 36.5 Å². The van der Waals surface area contributed by atoms with Crippen LogP contribution in [0.1, 0.15) is 24.8 Å². The van der Waals surface area contributed by atoms with Crippen molar-refractivity contribution in [3.63, 3.8) is 0 Å². The van der Waals surface area contributed by atoms with Gasteiger partial charge in [-0.25, -0.2) is 12.7 Å². The third-order valence-electron chi connectivity index (χ3n) is 4.36. The zero-order valence-electron chi connectivity index (χ0n) is 15.8. The van der Waals surface area contributed by atoms with Crippen LogP contribution >= 0.6 is 0 Å². The fraction of sp³-hybridized carbons (Fsp3) is 0.526. The number of likely N-dealkylation sites (N-methyl/N-ethyl adjacent to an activating group) is 1. The maximum atomic E-state index is 12.3. The molecule has 1 aliphatic carbocycles. The molecule has 0 unspecified atom stereocenters. The molecule has 0 saturated heterocycles. The number of nitrogens with one attached hydrogen (secondary N) is 1. The normalized spacial score (nSPS) is 14.6. The first-order valence-electron chi connectivity index (χ1n) is 9.22. The van der Waals surface area contributed by atoms with Crippen LogP contribution in [-0.4, -0.2) is 51.1 Å². The summed E-state index contributed by atoms with van der Waals surface area (Å²) in [6, 6.07) is 7.85. The van der Waals surface area contributed by atoms with Gasteiger partial charge in [-0.1, -0.05) is 12.1 Å². The quantitative estimate of drug-likeness (QED) is 0.387. The Labute approximate surface area is 161 Å². The average Bonchev–Trinajstić information content (AvgIpc) is 3.45. The lowest BCUT2D eigenvalue weighted by atomic mass is 10.1. The molecule has 0 atom stereocenters. The van der Waals surface area contributed by atoms with Crippen LogP contribution in [-0.2, 0) is 21.2 Å². The van der Waals surface area contributed by atoms with E-state index in [4.69, 9.17) is 10.5 Å². The van der Waals surface area contributed by atoms with Crippen molar-refractivity contribution in [3.05, 3.63) is 42.1 Å². The highest BCUT2D eigenvalue weighted by molar-refractivity contribution is 7.89. The molecule has 3 N–H and O–H groups in total. The second-order valence-corrected chi connectivity index (χ2v) is 9.03. The fourth-order valence-electron chi connectivity index (χ4n) is 2.45. The minimum absolute atomic E-state index is 0.0471. The highest BCUT2D eigenvalue weighted by Crippen LogP contribution is 2.29. The lowest BCUT2D eigenvalue weighted by Crippen LogP contribution is -2.32. The fourth-order valence-corrected chi connectivity index (χ4v) is 3.64. The van der Waals surface area contributed by atoms with Crippen molar-refractivity contribution in [2.45, 2.75) is 25.7 Å². The molecule has 1 aromatic rings. The van der Waals surface area contributed by atoms with E-state index in [1.807, 2.05) is 24.3 Å². The predicted octanol–water partition coefficient (Wildman–Crippen LogP) is 1.26. The first-order chi connectivity index (χ1) is 12.9. The number of ether oxygens (including phenoxy) is 1. The Kier molecular flexibility index (Phi) is 8.12. The number of hydrogen-bond donors (Lipinski definition) is 2. The van der Waals surface area contributed by atoms with Gasteiger partial charge in [-0.15, -0.1) is 0 Å². The highest BCUT2D eigenvalue weighted by atomic mass is 32.2. The van der Waals surface area contributed by atoms with Gasteiger partial charge in [0.05, 0.1) is 12.4 Å². The molecule has 0 heterocycles. The van der Waals surface area contributed by atoms with E-state index >= 15 is 0 Å². The topological polar surface area (TPSA) is 102 Å². The largest absolute Gasteiger partial charge is 0.493 e. The number of primary amides is 1. The Morgan fingerprint density at radius 3 is 2.89 bits per heavy atom. The highest BCUT2D eigenvalue weighted by Gasteiger charge is 2.22. The maximum absolute atomic E-state index is 12.3. The molecule has 7 nitrogen and oxygen atoms in total. The van der Waals surface area contributed by atoms with E-state index < -0.39 is 15.9 Å². The van der Waals surface area contributed by atoms with Gasteiger partial charge in [-0.05, 0) is 49.3 Å². The van der Waals surface area contributed by atoms with Gasteiger partial charge in [0.1, 0.15) is 5.75 Å². The van der Waals surface area contributed by atoms with Crippen LogP contribution in [0, 0.1) is 5.92 Å². The Morgan fingerprint density at radius 1 is 1.41 bits per heavy atom. The summed E-state index contributed by atoms with van der Waals surface area (Å²) in [5, 5.41) is 2.84. The van der Waals surface area contributed by atoms with Gasteiger partial charge in [0.15, 0.2) is 0 Å². The van der Waals surface area contributed by atoms with Crippen LogP contribution in [0.3, 0.4) is 0 Å². The standard InChI is InChI=1S/C19H29N3O4S/c1-22(27(24,25)13-3-10-21-11-8-19(20)23)12-9-16-4-2-5-18(14-16)26-15-17-6-7-17/h2,4-5,8,11,14,17,21H,3,6-7,9-10,12-13,15H2,1H3,(H2,20,23)/b11-8-. The summed E-state index contributed by atoms with van der Waals surface area (Å²) in [4.78, 5) is 10.5. The SMILES string of the molecule is CN(CCc1cccc(OCC2CC2)c1)S(=O)(=O)CCCN/C=C\C(N)=O. The average molecular weight is 396 g/mol. The van der Waals surface area contributed by atoms with Crippen LogP contribution in [0.4, 0.5) is 0 Å². The van der Waals surface area contributed by atoms with Gasteiger partial charge >= 0.3 is 0 Å². The Bertz CT molecular complexity index is 745. The summed E-state index contributed by atoms with van der Waals surface area (Å²) in [7, 11) is -1.71. The van der Waals surface area contributed by atoms with Crippen LogP contribution < -0.4 is 15.8 Å². The Hall–Kier alpha value is -2.06. The number of hydrogen-bond acceptors (Lipinski definition) is 5. The van der Waals surface area contributed by atoms with Gasteiger partial charge in [-0.2, -0.15) is 0 Å². The van der Waals surface area contributed by atoms with E-state index in [1.54, 1.807) is 7.05 Å². The second kappa shape index (κ2) is 10.3. The van der Waals surface area contributed by atoms with E-state index in [-0.39, 0.29) is 5.75 Å². The van der Waals surface area contributed by atoms with Crippen molar-refractivity contribution < 1.29 is 17.9 Å². The zero-order valence-corrected chi connectivity index (χ0v) is 16.6. The Balaban J connectivity index is 1.72. The van der Waals surface area contributed by atoms with Crippen LogP contribution in [0.25, 0.3) is 0 Å². The molecule has 0 radical (unpaired) electrons. The summed E-state index contributed by atoms with van der Waals surface area (Å²) >= 11 is 0. The molecule has 1 saturated carbocycles. The molecule has 2 rings (SSSR count). The minimum Gasteiger partial charge on any atom is -0.493 e. The molecule has 1 aromatic carbocycles. The first-order valence-corrected chi connectivity index (χ1v) is 10.8. The minimum atomic E-state index is -3.31. The van der Waals surface area contributed by atoms with E-state index in [0.29, 0.717) is 31.8 Å². The molecule has 0 spiro atoms. The number of carbonyl (C=O) groups excluding carboxylic acids is 1. The number of sulfonamides is 1. The summed E-state index contributed by atoms with van der Waals surface area (Å²) in [5.41, 5.74) is 6.02. The molecule has 27 heavy (non-hydrogen) atoms. The monoisotopic (exact) mass is 395 g/mol. The van der Waals surface area contributed by atoms with Gasteiger partial charge in [0.25, 0.3) is 0 Å². The molecule has 1 amide bonds. The van der Waals surface area contributed by atoms with E-state index in [9.17, 15) is 13.2 Å². The molecular formula is C19H29N3O4S. The van der Waals surface area contributed by atoms with Crippen molar-refractivity contribution in [2.75, 3.05) is 32.5 Å². The molecule has 0 aliphatic heterocycles. The summed E-state index contributed by atoms with van der Waals surface area (Å²) in [5.74, 6) is 1.05. The third kappa shape index (κ3) is 8.45. The second-order valence-electron chi connectivity index (χ2n) is 6.83. The van der Waals surface area contributed by atoms with E-state index in [0.717, 1.165) is 17.9 Å². The number of amides is 1. The predicted molar refractivity (Wildman–Crippen MR) is 106 cm³/mol. The van der Waals surface area contributed by atoms with Gasteiger partial charge in [-0.3, -0.25) is 4.79 Å². The number of carbonyl (C=O) groups is 1. The van der Waals surface area contributed by atoms with Gasteiger partial charge < -0.3 is 15.8 Å². The van der Waals surface area contributed by atoms with Crippen LogP contribution in [0.2, 0.25) is 0 Å². The van der Waals surface area contributed by atoms with Crippen molar-refractivity contribution >= 4 is 15.9 Å². The summed E-state index contributed by atoms with van der Waals surface area (Å²) < 4.78 is 31.8. The summed E-state index contributed by atoms with van der Waals surface area (Å²) in [6.45, 7) is 1.64. The van der Waals surface area contributed by atoms with Crippen molar-refractivity contribution in [1.82, 2.24) is 9.62 Å². The molecule has 1 fully saturated rings. The van der Waals surface area contributed by atoms with Gasteiger partial charge in [0.2, 0.25) is 15.9 Å². The van der Waals surface area contributed by atoms with Crippen molar-refractivity contribution in [2.24, 2.45) is 11.7 Å². The lowest BCUT2D eigenvalue weighted by molar-refractivity contribution is -0.113.